The molecular formula is C18H13F6N5O5. The molecular weight excluding hydrogens is 480 g/mol. The molecule has 0 aliphatic carbocycles. The van der Waals surface area contributed by atoms with Crippen molar-refractivity contribution in [2.24, 2.45) is 5.10 Å². The summed E-state index contributed by atoms with van der Waals surface area (Å²) in [5, 5.41) is 26.2. The van der Waals surface area contributed by atoms with E-state index in [9.17, 15) is 51.4 Å². The molecule has 2 aromatic carbocycles. The zero-order valence-electron chi connectivity index (χ0n) is 16.6. The summed E-state index contributed by atoms with van der Waals surface area (Å²) in [6.45, 7) is 0. The fourth-order valence-corrected chi connectivity index (χ4v) is 2.76. The standard InChI is InChI=1S/C18H13F6N5O5/c19-17(20,21)15(30)26-16(18(22,23)24,11-4-2-1-3-5-11)8-9-25-27-13-7-6-12(28(31)32)10-14(13)29(33)34/h1-7,9-10,27H,8H2,(H,26,30)/b25-9-. The number of hydrazone groups is 1. The molecule has 0 fully saturated rings. The van der Waals surface area contributed by atoms with E-state index < -0.39 is 62.7 Å². The lowest BCUT2D eigenvalue weighted by molar-refractivity contribution is -0.393. The molecule has 1 atom stereocenters. The monoisotopic (exact) mass is 493 g/mol. The molecule has 0 saturated carbocycles. The Labute approximate surface area is 185 Å². The Hall–Kier alpha value is -4.24. The SMILES string of the molecule is O=C(NC(C/C=N\Nc1ccc([N+](=O)[O-])cc1[N+](=O)[O-])(c1ccccc1)C(F)(F)F)C(F)(F)F. The number of rotatable bonds is 8. The van der Waals surface area contributed by atoms with Gasteiger partial charge >= 0.3 is 23.9 Å². The lowest BCUT2D eigenvalue weighted by atomic mass is 9.86. The van der Waals surface area contributed by atoms with Crippen LogP contribution in [0, 0.1) is 20.2 Å². The number of nitro groups is 2. The Morgan fingerprint density at radius 3 is 2.09 bits per heavy atom. The Kier molecular flexibility index (Phi) is 7.43. The summed E-state index contributed by atoms with van der Waals surface area (Å²) >= 11 is 0. The second kappa shape index (κ2) is 9.72. The number of halogens is 6. The number of hydrogen-bond acceptors (Lipinski definition) is 7. The maximum absolute atomic E-state index is 14.0. The van der Waals surface area contributed by atoms with Crippen molar-refractivity contribution in [3.8, 4) is 0 Å². The van der Waals surface area contributed by atoms with Gasteiger partial charge in [0.15, 0.2) is 5.54 Å². The van der Waals surface area contributed by atoms with Crippen LogP contribution in [0.5, 0.6) is 0 Å². The van der Waals surface area contributed by atoms with Crippen LogP contribution < -0.4 is 10.7 Å². The fraction of sp³-hybridized carbons (Fsp3) is 0.222. The van der Waals surface area contributed by atoms with Crippen molar-refractivity contribution >= 4 is 29.2 Å². The summed E-state index contributed by atoms with van der Waals surface area (Å²) in [7, 11) is 0. The summed E-state index contributed by atoms with van der Waals surface area (Å²) in [6, 6.07) is 7.55. The number of nitrogens with one attached hydrogen (secondary N) is 2. The number of amides is 1. The number of carbonyl (C=O) groups excluding carboxylic acids is 1. The molecule has 34 heavy (non-hydrogen) atoms. The van der Waals surface area contributed by atoms with Crippen LogP contribution in [0.2, 0.25) is 0 Å². The maximum Gasteiger partial charge on any atom is 0.471 e. The zero-order valence-corrected chi connectivity index (χ0v) is 16.6. The van der Waals surface area contributed by atoms with Crippen LogP contribution in [-0.4, -0.2) is 34.3 Å². The van der Waals surface area contributed by atoms with Gasteiger partial charge in [-0.25, -0.2) is 0 Å². The molecule has 2 rings (SSSR count). The Morgan fingerprint density at radius 1 is 0.971 bits per heavy atom. The van der Waals surface area contributed by atoms with E-state index in [1.165, 1.54) is 6.07 Å². The highest BCUT2D eigenvalue weighted by atomic mass is 19.4. The summed E-state index contributed by atoms with van der Waals surface area (Å²) in [4.78, 5) is 31.4. The maximum atomic E-state index is 14.0. The molecule has 0 heterocycles. The van der Waals surface area contributed by atoms with E-state index in [1.54, 1.807) is 0 Å². The smallest absolute Gasteiger partial charge is 0.330 e. The Bertz CT molecular complexity index is 1110. The van der Waals surface area contributed by atoms with Crippen molar-refractivity contribution in [1.82, 2.24) is 5.32 Å². The van der Waals surface area contributed by atoms with E-state index in [0.717, 1.165) is 41.7 Å². The van der Waals surface area contributed by atoms with Gasteiger partial charge in [0, 0.05) is 18.7 Å². The van der Waals surface area contributed by atoms with Crippen LogP contribution in [0.3, 0.4) is 0 Å². The minimum atomic E-state index is -5.62. The number of alkyl halides is 6. The number of nitro benzene ring substituents is 2. The molecule has 1 amide bonds. The molecule has 1 unspecified atom stereocenters. The molecule has 0 aliphatic heterocycles. The first-order valence-electron chi connectivity index (χ1n) is 8.91. The van der Waals surface area contributed by atoms with Crippen molar-refractivity contribution in [3.05, 3.63) is 74.3 Å². The first-order chi connectivity index (χ1) is 15.7. The first-order valence-corrected chi connectivity index (χ1v) is 8.91. The highest BCUT2D eigenvalue weighted by Crippen LogP contribution is 2.42. The molecule has 182 valence electrons. The van der Waals surface area contributed by atoms with Gasteiger partial charge in [-0.3, -0.25) is 30.4 Å². The van der Waals surface area contributed by atoms with Crippen molar-refractivity contribution < 1.29 is 41.0 Å². The van der Waals surface area contributed by atoms with Gasteiger partial charge in [0.2, 0.25) is 0 Å². The molecule has 16 heteroatoms. The molecule has 2 N–H and O–H groups in total. The molecule has 0 spiro atoms. The predicted molar refractivity (Wildman–Crippen MR) is 105 cm³/mol. The van der Waals surface area contributed by atoms with Gasteiger partial charge in [0.25, 0.3) is 5.69 Å². The molecule has 0 saturated heterocycles. The molecule has 0 radical (unpaired) electrons. The lowest BCUT2D eigenvalue weighted by Crippen LogP contribution is -2.59. The van der Waals surface area contributed by atoms with Gasteiger partial charge in [-0.15, -0.1) is 0 Å². The lowest BCUT2D eigenvalue weighted by Gasteiger charge is -2.36. The van der Waals surface area contributed by atoms with Gasteiger partial charge < -0.3 is 5.32 Å². The quantitative estimate of drug-likeness (QED) is 0.241. The largest absolute Gasteiger partial charge is 0.471 e. The number of non-ortho nitro benzene ring substituents is 1. The molecule has 2 aromatic rings. The summed E-state index contributed by atoms with van der Waals surface area (Å²) in [5.41, 5.74) is -4.17. The topological polar surface area (TPSA) is 140 Å². The van der Waals surface area contributed by atoms with E-state index in [-0.39, 0.29) is 0 Å². The van der Waals surface area contributed by atoms with Crippen LogP contribution in [0.15, 0.2) is 53.6 Å². The zero-order chi connectivity index (χ0) is 25.7. The van der Waals surface area contributed by atoms with E-state index in [1.807, 2.05) is 5.43 Å². The highest BCUT2D eigenvalue weighted by Gasteiger charge is 2.59. The van der Waals surface area contributed by atoms with Crippen LogP contribution in [0.25, 0.3) is 0 Å². The second-order valence-electron chi connectivity index (χ2n) is 6.56. The number of carbonyl (C=O) groups is 1. The summed E-state index contributed by atoms with van der Waals surface area (Å²) in [6.07, 6.45) is -11.9. The predicted octanol–water partition coefficient (Wildman–Crippen LogP) is 4.43. The van der Waals surface area contributed by atoms with Crippen LogP contribution >= 0.6 is 0 Å². The normalized spacial score (nSPS) is 13.8. The molecule has 0 aliphatic rings. The van der Waals surface area contributed by atoms with Crippen molar-refractivity contribution in [1.29, 1.82) is 0 Å². The van der Waals surface area contributed by atoms with Crippen LogP contribution in [-0.2, 0) is 10.3 Å². The van der Waals surface area contributed by atoms with E-state index >= 15 is 0 Å². The van der Waals surface area contributed by atoms with Crippen molar-refractivity contribution in [3.63, 3.8) is 0 Å². The van der Waals surface area contributed by atoms with Gasteiger partial charge in [-0.05, 0) is 11.6 Å². The Balaban J connectivity index is 2.42. The van der Waals surface area contributed by atoms with Crippen molar-refractivity contribution in [2.75, 3.05) is 5.43 Å². The van der Waals surface area contributed by atoms with E-state index in [0.29, 0.717) is 12.3 Å². The van der Waals surface area contributed by atoms with E-state index in [2.05, 4.69) is 5.10 Å². The third-order valence-corrected chi connectivity index (χ3v) is 4.40. The van der Waals surface area contributed by atoms with Gasteiger partial charge in [-0.1, -0.05) is 30.3 Å². The van der Waals surface area contributed by atoms with Gasteiger partial charge in [0.1, 0.15) is 5.69 Å². The van der Waals surface area contributed by atoms with Crippen LogP contribution in [0.1, 0.15) is 12.0 Å². The second-order valence-corrected chi connectivity index (χ2v) is 6.56. The third-order valence-electron chi connectivity index (χ3n) is 4.40. The number of nitrogens with zero attached hydrogens (tertiary/aromatic N) is 3. The average molecular weight is 493 g/mol. The minimum Gasteiger partial charge on any atom is -0.330 e. The molecule has 10 nitrogen and oxygen atoms in total. The van der Waals surface area contributed by atoms with Gasteiger partial charge in [-0.2, -0.15) is 31.4 Å². The molecule has 0 bridgehead atoms. The summed E-state index contributed by atoms with van der Waals surface area (Å²) in [5.74, 6) is -2.85. The first kappa shape index (κ1) is 26.0. The van der Waals surface area contributed by atoms with E-state index in [4.69, 9.17) is 0 Å². The van der Waals surface area contributed by atoms with Crippen molar-refractivity contribution in [2.45, 2.75) is 24.3 Å². The van der Waals surface area contributed by atoms with Crippen LogP contribution in [0.4, 0.5) is 43.4 Å². The minimum absolute atomic E-state index is 0.441. The third kappa shape index (κ3) is 5.76. The Morgan fingerprint density at radius 2 is 1.59 bits per heavy atom. The highest BCUT2D eigenvalue weighted by molar-refractivity contribution is 5.83. The molecule has 0 aromatic heterocycles. The fourth-order valence-electron chi connectivity index (χ4n) is 2.76. The van der Waals surface area contributed by atoms with Gasteiger partial charge in [0.05, 0.1) is 15.9 Å². The summed E-state index contributed by atoms with van der Waals surface area (Å²) < 4.78 is 80.4. The number of hydrogen-bond donors (Lipinski definition) is 2. The average Bonchev–Trinajstić information content (AvgIpc) is 2.74. The number of anilines is 1. The number of benzene rings is 2.